The second-order valence-corrected chi connectivity index (χ2v) is 8.07. The number of piperazine rings is 1. The predicted molar refractivity (Wildman–Crippen MR) is 124 cm³/mol. The standard InChI is InChI=1S/C24H27FN4O4/c1-14(2)32-20-12-17-19(13-18(20)28-24(31)29-10-8-27-9-11-29)33-22(21(17)23(30)26-3)15-4-6-16(25)7-5-15/h4-7,12-14,27H,8-11H2,1-3H3,(H,26,30)(H,28,31). The number of hydrogen-bond acceptors (Lipinski definition) is 5. The van der Waals surface area contributed by atoms with E-state index in [9.17, 15) is 14.0 Å². The Balaban J connectivity index is 1.82. The maximum atomic E-state index is 13.5. The molecule has 0 spiro atoms. The largest absolute Gasteiger partial charge is 0.489 e. The van der Waals surface area contributed by atoms with Crippen molar-refractivity contribution in [2.45, 2.75) is 20.0 Å². The Hall–Kier alpha value is -3.59. The summed E-state index contributed by atoms with van der Waals surface area (Å²) >= 11 is 0. The van der Waals surface area contributed by atoms with Crippen molar-refractivity contribution in [1.82, 2.24) is 15.5 Å². The van der Waals surface area contributed by atoms with E-state index in [1.165, 1.54) is 19.2 Å². The molecule has 174 valence electrons. The first-order valence-corrected chi connectivity index (χ1v) is 10.9. The third-order valence-electron chi connectivity index (χ3n) is 5.36. The molecule has 2 aromatic carbocycles. The molecule has 0 aliphatic carbocycles. The molecular weight excluding hydrogens is 427 g/mol. The van der Waals surface area contributed by atoms with E-state index >= 15 is 0 Å². The molecule has 0 unspecified atom stereocenters. The number of anilines is 1. The number of halogens is 1. The summed E-state index contributed by atoms with van der Waals surface area (Å²) in [5.41, 5.74) is 1.72. The van der Waals surface area contributed by atoms with E-state index in [0.717, 1.165) is 13.1 Å². The van der Waals surface area contributed by atoms with Crippen LogP contribution in [0.3, 0.4) is 0 Å². The van der Waals surface area contributed by atoms with Gasteiger partial charge in [0.15, 0.2) is 0 Å². The molecule has 9 heteroatoms. The molecule has 3 N–H and O–H groups in total. The number of benzene rings is 2. The highest BCUT2D eigenvalue weighted by Gasteiger charge is 2.25. The van der Waals surface area contributed by atoms with Gasteiger partial charge in [-0.05, 0) is 44.2 Å². The van der Waals surface area contributed by atoms with E-state index < -0.39 is 0 Å². The molecule has 1 aliphatic heterocycles. The quantitative estimate of drug-likeness (QED) is 0.545. The lowest BCUT2D eigenvalue weighted by molar-refractivity contribution is 0.0964. The number of urea groups is 1. The topological polar surface area (TPSA) is 95.8 Å². The van der Waals surface area contributed by atoms with Crippen molar-refractivity contribution in [2.24, 2.45) is 0 Å². The maximum Gasteiger partial charge on any atom is 0.322 e. The predicted octanol–water partition coefficient (Wildman–Crippen LogP) is 3.82. The Kier molecular flexibility index (Phi) is 6.50. The highest BCUT2D eigenvalue weighted by atomic mass is 19.1. The van der Waals surface area contributed by atoms with E-state index in [1.807, 2.05) is 13.8 Å². The van der Waals surface area contributed by atoms with Crippen LogP contribution in [0.15, 0.2) is 40.8 Å². The van der Waals surface area contributed by atoms with E-state index in [1.54, 1.807) is 29.2 Å². The SMILES string of the molecule is CNC(=O)c1c(-c2ccc(F)cc2)oc2cc(NC(=O)N3CCNCC3)c(OC(C)C)cc12. The molecule has 3 aromatic rings. The second-order valence-electron chi connectivity index (χ2n) is 8.07. The van der Waals surface area contributed by atoms with Crippen LogP contribution in [-0.4, -0.2) is 56.2 Å². The molecule has 0 saturated carbocycles. The van der Waals surface area contributed by atoms with Gasteiger partial charge in [0.25, 0.3) is 5.91 Å². The lowest BCUT2D eigenvalue weighted by Gasteiger charge is -2.28. The van der Waals surface area contributed by atoms with Crippen LogP contribution < -0.4 is 20.7 Å². The normalized spacial score (nSPS) is 13.9. The fourth-order valence-corrected chi connectivity index (χ4v) is 3.79. The summed E-state index contributed by atoms with van der Waals surface area (Å²) in [6.07, 6.45) is -0.163. The van der Waals surface area contributed by atoms with Crippen LogP contribution in [0, 0.1) is 5.82 Å². The van der Waals surface area contributed by atoms with Crippen molar-refractivity contribution in [3.63, 3.8) is 0 Å². The molecule has 1 aliphatic rings. The van der Waals surface area contributed by atoms with Gasteiger partial charge in [0, 0.05) is 50.2 Å². The van der Waals surface area contributed by atoms with E-state index in [2.05, 4.69) is 16.0 Å². The van der Waals surface area contributed by atoms with Crippen LogP contribution in [0.4, 0.5) is 14.9 Å². The number of amides is 3. The average molecular weight is 455 g/mol. The van der Waals surface area contributed by atoms with Crippen LogP contribution in [0.5, 0.6) is 5.75 Å². The Morgan fingerprint density at radius 3 is 2.48 bits per heavy atom. The number of carbonyl (C=O) groups excluding carboxylic acids is 2. The van der Waals surface area contributed by atoms with Crippen LogP contribution in [0.2, 0.25) is 0 Å². The third kappa shape index (κ3) is 4.78. The van der Waals surface area contributed by atoms with Gasteiger partial charge in [0.2, 0.25) is 0 Å². The minimum absolute atomic E-state index is 0.163. The smallest absolute Gasteiger partial charge is 0.322 e. The zero-order chi connectivity index (χ0) is 23.5. The minimum Gasteiger partial charge on any atom is -0.489 e. The van der Waals surface area contributed by atoms with Gasteiger partial charge in [-0.1, -0.05) is 0 Å². The molecule has 0 radical (unpaired) electrons. The van der Waals surface area contributed by atoms with Crippen molar-refractivity contribution in [3.05, 3.63) is 47.8 Å². The number of rotatable bonds is 5. The number of nitrogens with one attached hydrogen (secondary N) is 3. The van der Waals surface area contributed by atoms with E-state index in [4.69, 9.17) is 9.15 Å². The van der Waals surface area contributed by atoms with Crippen LogP contribution in [0.25, 0.3) is 22.3 Å². The lowest BCUT2D eigenvalue weighted by atomic mass is 10.0. The fraction of sp³-hybridized carbons (Fsp3) is 0.333. The third-order valence-corrected chi connectivity index (χ3v) is 5.36. The van der Waals surface area contributed by atoms with Crippen LogP contribution in [-0.2, 0) is 0 Å². The molecular formula is C24H27FN4O4. The van der Waals surface area contributed by atoms with Crippen LogP contribution in [0.1, 0.15) is 24.2 Å². The van der Waals surface area contributed by atoms with Gasteiger partial charge >= 0.3 is 6.03 Å². The minimum atomic E-state index is -0.387. The van der Waals surface area contributed by atoms with Gasteiger partial charge in [-0.15, -0.1) is 0 Å². The Morgan fingerprint density at radius 2 is 1.85 bits per heavy atom. The Morgan fingerprint density at radius 1 is 1.15 bits per heavy atom. The summed E-state index contributed by atoms with van der Waals surface area (Å²) in [5.74, 6) is 0.00563. The monoisotopic (exact) mass is 454 g/mol. The summed E-state index contributed by atoms with van der Waals surface area (Å²) in [4.78, 5) is 27.3. The van der Waals surface area contributed by atoms with Gasteiger partial charge < -0.3 is 30.0 Å². The number of carbonyl (C=O) groups is 2. The molecule has 4 rings (SSSR count). The zero-order valence-electron chi connectivity index (χ0n) is 18.8. The molecule has 33 heavy (non-hydrogen) atoms. The number of ether oxygens (including phenoxy) is 1. The van der Waals surface area contributed by atoms with E-state index in [-0.39, 0.29) is 23.9 Å². The highest BCUT2D eigenvalue weighted by molar-refractivity contribution is 6.12. The van der Waals surface area contributed by atoms with Gasteiger partial charge in [-0.3, -0.25) is 4.79 Å². The van der Waals surface area contributed by atoms with E-state index in [0.29, 0.717) is 52.4 Å². The molecule has 1 saturated heterocycles. The summed E-state index contributed by atoms with van der Waals surface area (Å²) < 4.78 is 25.5. The lowest BCUT2D eigenvalue weighted by Crippen LogP contribution is -2.48. The summed E-state index contributed by atoms with van der Waals surface area (Å²) in [5, 5.41) is 9.30. The number of nitrogens with zero attached hydrogens (tertiary/aromatic N) is 1. The molecule has 3 amide bonds. The van der Waals surface area contributed by atoms with Gasteiger partial charge in [0.05, 0.1) is 17.4 Å². The average Bonchev–Trinajstić information content (AvgIpc) is 3.17. The molecule has 0 atom stereocenters. The Labute approximate surface area is 191 Å². The van der Waals surface area contributed by atoms with Crippen molar-refractivity contribution >= 4 is 28.6 Å². The maximum absolute atomic E-state index is 13.5. The summed E-state index contributed by atoms with van der Waals surface area (Å²) in [6, 6.07) is 8.85. The summed E-state index contributed by atoms with van der Waals surface area (Å²) in [6.45, 7) is 6.43. The zero-order valence-corrected chi connectivity index (χ0v) is 18.8. The molecule has 1 fully saturated rings. The molecule has 2 heterocycles. The number of furan rings is 1. The molecule has 8 nitrogen and oxygen atoms in total. The van der Waals surface area contributed by atoms with Gasteiger partial charge in [0.1, 0.15) is 22.9 Å². The van der Waals surface area contributed by atoms with Crippen molar-refractivity contribution < 1.29 is 23.1 Å². The van der Waals surface area contributed by atoms with Crippen molar-refractivity contribution in [3.8, 4) is 17.1 Å². The first-order chi connectivity index (χ1) is 15.9. The fourth-order valence-electron chi connectivity index (χ4n) is 3.79. The van der Waals surface area contributed by atoms with Gasteiger partial charge in [-0.25, -0.2) is 9.18 Å². The van der Waals surface area contributed by atoms with Crippen LogP contribution >= 0.6 is 0 Å². The first-order valence-electron chi connectivity index (χ1n) is 10.9. The number of hydrogen-bond donors (Lipinski definition) is 3. The first kappa shape index (κ1) is 22.6. The Bertz CT molecular complexity index is 1170. The molecule has 0 bridgehead atoms. The van der Waals surface area contributed by atoms with Crippen molar-refractivity contribution in [1.29, 1.82) is 0 Å². The number of fused-ring (bicyclic) bond motifs is 1. The summed E-state index contributed by atoms with van der Waals surface area (Å²) in [7, 11) is 1.53. The van der Waals surface area contributed by atoms with Gasteiger partial charge in [-0.2, -0.15) is 0 Å². The molecule has 1 aromatic heterocycles. The highest BCUT2D eigenvalue weighted by Crippen LogP contribution is 2.39. The second kappa shape index (κ2) is 9.50. The van der Waals surface area contributed by atoms with Crippen molar-refractivity contribution in [2.75, 3.05) is 38.5 Å².